The Morgan fingerprint density at radius 1 is 1.05 bits per heavy atom. The van der Waals surface area contributed by atoms with Crippen LogP contribution in [0.15, 0.2) is 48.8 Å². The number of esters is 1. The van der Waals surface area contributed by atoms with E-state index in [1.165, 1.54) is 0 Å². The summed E-state index contributed by atoms with van der Waals surface area (Å²) >= 11 is 0. The number of halogens is 1. The second-order valence-corrected chi connectivity index (χ2v) is 3.99. The second kappa shape index (κ2) is 8.01. The van der Waals surface area contributed by atoms with E-state index in [2.05, 4.69) is 10.3 Å². The van der Waals surface area contributed by atoms with Crippen LogP contribution in [0.25, 0.3) is 0 Å². The van der Waals surface area contributed by atoms with E-state index in [1.807, 2.05) is 0 Å². The third-order valence-corrected chi connectivity index (χ3v) is 2.60. The number of pyridine rings is 1. The van der Waals surface area contributed by atoms with Crippen molar-refractivity contribution < 1.29 is 14.3 Å². The van der Waals surface area contributed by atoms with Gasteiger partial charge in [-0.05, 0) is 43.3 Å². The fourth-order valence-electron chi connectivity index (χ4n) is 1.61. The van der Waals surface area contributed by atoms with Gasteiger partial charge in [0.05, 0.1) is 12.2 Å². The van der Waals surface area contributed by atoms with Gasteiger partial charge in [-0.3, -0.25) is 9.78 Å². The summed E-state index contributed by atoms with van der Waals surface area (Å²) in [4.78, 5) is 27.2. The van der Waals surface area contributed by atoms with Gasteiger partial charge < -0.3 is 10.1 Å². The van der Waals surface area contributed by atoms with Gasteiger partial charge in [-0.1, -0.05) is 0 Å². The van der Waals surface area contributed by atoms with Crippen LogP contribution in [0.2, 0.25) is 0 Å². The molecule has 0 unspecified atom stereocenters. The Kier molecular flexibility index (Phi) is 6.36. The van der Waals surface area contributed by atoms with Crippen LogP contribution < -0.4 is 5.32 Å². The van der Waals surface area contributed by atoms with Crippen LogP contribution in [0.4, 0.5) is 5.69 Å². The Morgan fingerprint density at radius 3 is 2.24 bits per heavy atom. The third kappa shape index (κ3) is 4.57. The molecule has 0 aliphatic rings. The molecule has 0 aliphatic heterocycles. The van der Waals surface area contributed by atoms with E-state index in [4.69, 9.17) is 4.74 Å². The molecule has 2 aromatic rings. The summed E-state index contributed by atoms with van der Waals surface area (Å²) in [6, 6.07) is 9.79. The van der Waals surface area contributed by atoms with Crippen LogP contribution in [0.3, 0.4) is 0 Å². The predicted molar refractivity (Wildman–Crippen MR) is 81.8 cm³/mol. The van der Waals surface area contributed by atoms with E-state index < -0.39 is 0 Å². The molecule has 21 heavy (non-hydrogen) atoms. The Bertz CT molecular complexity index is 600. The SMILES string of the molecule is CCOC(=O)c1ccc(NC(=O)c2ccncc2)cc1.Cl. The monoisotopic (exact) mass is 306 g/mol. The molecule has 1 aromatic carbocycles. The van der Waals surface area contributed by atoms with Crippen molar-refractivity contribution in [1.82, 2.24) is 4.98 Å². The van der Waals surface area contributed by atoms with Gasteiger partial charge in [0.15, 0.2) is 0 Å². The lowest BCUT2D eigenvalue weighted by Crippen LogP contribution is -2.12. The number of ether oxygens (including phenoxy) is 1. The minimum Gasteiger partial charge on any atom is -0.462 e. The standard InChI is InChI=1S/C15H14N2O3.ClH/c1-2-20-15(19)12-3-5-13(6-4-12)17-14(18)11-7-9-16-10-8-11;/h3-10H,2H2,1H3,(H,17,18);1H. The number of nitrogens with one attached hydrogen (secondary N) is 1. The van der Waals surface area contributed by atoms with Gasteiger partial charge in [0.1, 0.15) is 0 Å². The molecule has 1 N–H and O–H groups in total. The van der Waals surface area contributed by atoms with Crippen molar-refractivity contribution in [3.63, 3.8) is 0 Å². The first-order valence-electron chi connectivity index (χ1n) is 6.19. The zero-order valence-electron chi connectivity index (χ0n) is 11.4. The van der Waals surface area contributed by atoms with E-state index in [0.29, 0.717) is 23.4 Å². The first-order chi connectivity index (χ1) is 9.70. The van der Waals surface area contributed by atoms with Crippen molar-refractivity contribution in [2.24, 2.45) is 0 Å². The summed E-state index contributed by atoms with van der Waals surface area (Å²) in [6.07, 6.45) is 3.11. The lowest BCUT2D eigenvalue weighted by atomic mass is 10.2. The molecule has 6 heteroatoms. The molecule has 1 amide bonds. The Hall–Kier alpha value is -2.40. The minimum absolute atomic E-state index is 0. The van der Waals surface area contributed by atoms with Crippen molar-refractivity contribution in [3.8, 4) is 0 Å². The van der Waals surface area contributed by atoms with E-state index in [1.54, 1.807) is 55.7 Å². The van der Waals surface area contributed by atoms with Gasteiger partial charge in [-0.25, -0.2) is 4.79 Å². The van der Waals surface area contributed by atoms with Crippen LogP contribution in [-0.2, 0) is 4.74 Å². The van der Waals surface area contributed by atoms with E-state index >= 15 is 0 Å². The van der Waals surface area contributed by atoms with Crippen molar-refractivity contribution in [2.75, 3.05) is 11.9 Å². The number of nitrogens with zero attached hydrogens (tertiary/aromatic N) is 1. The van der Waals surface area contributed by atoms with Gasteiger partial charge in [0.2, 0.25) is 0 Å². The molecule has 1 aromatic heterocycles. The third-order valence-electron chi connectivity index (χ3n) is 2.60. The summed E-state index contributed by atoms with van der Waals surface area (Å²) < 4.78 is 4.88. The van der Waals surface area contributed by atoms with Gasteiger partial charge in [-0.15, -0.1) is 12.4 Å². The van der Waals surface area contributed by atoms with Gasteiger partial charge in [0.25, 0.3) is 5.91 Å². The average molecular weight is 307 g/mol. The summed E-state index contributed by atoms with van der Waals surface area (Å²) in [7, 11) is 0. The normalized spacial score (nSPS) is 9.38. The molecule has 0 saturated carbocycles. The largest absolute Gasteiger partial charge is 0.462 e. The maximum Gasteiger partial charge on any atom is 0.338 e. The number of carbonyl (C=O) groups excluding carboxylic acids is 2. The zero-order valence-corrected chi connectivity index (χ0v) is 12.2. The summed E-state index contributed by atoms with van der Waals surface area (Å²) in [5.41, 5.74) is 1.59. The molecule has 5 nitrogen and oxygen atoms in total. The van der Waals surface area contributed by atoms with Crippen molar-refractivity contribution >= 4 is 30.0 Å². The van der Waals surface area contributed by atoms with Gasteiger partial charge in [0, 0.05) is 23.6 Å². The minimum atomic E-state index is -0.375. The second-order valence-electron chi connectivity index (χ2n) is 3.99. The van der Waals surface area contributed by atoms with Crippen LogP contribution in [0.1, 0.15) is 27.6 Å². The first kappa shape index (κ1) is 16.7. The number of rotatable bonds is 4. The van der Waals surface area contributed by atoms with Crippen molar-refractivity contribution in [2.45, 2.75) is 6.92 Å². The zero-order chi connectivity index (χ0) is 14.4. The highest BCUT2D eigenvalue weighted by Gasteiger charge is 2.08. The maximum atomic E-state index is 11.9. The summed E-state index contributed by atoms with van der Waals surface area (Å²) in [5, 5.41) is 2.74. The van der Waals surface area contributed by atoms with Crippen molar-refractivity contribution in [3.05, 3.63) is 59.9 Å². The van der Waals surface area contributed by atoms with Gasteiger partial charge in [-0.2, -0.15) is 0 Å². The van der Waals surface area contributed by atoms with Crippen LogP contribution >= 0.6 is 12.4 Å². The fourth-order valence-corrected chi connectivity index (χ4v) is 1.61. The molecular weight excluding hydrogens is 292 g/mol. The van der Waals surface area contributed by atoms with Crippen LogP contribution in [0.5, 0.6) is 0 Å². The highest BCUT2D eigenvalue weighted by atomic mass is 35.5. The smallest absolute Gasteiger partial charge is 0.338 e. The van der Waals surface area contributed by atoms with Crippen LogP contribution in [0, 0.1) is 0 Å². The molecule has 0 spiro atoms. The number of aromatic nitrogens is 1. The summed E-state index contributed by atoms with van der Waals surface area (Å²) in [5.74, 6) is -0.601. The molecule has 110 valence electrons. The average Bonchev–Trinajstić information content (AvgIpc) is 2.49. The molecular formula is C15H15ClN2O3. The Balaban J connectivity index is 0.00000220. The molecule has 0 aliphatic carbocycles. The molecule has 0 saturated heterocycles. The highest BCUT2D eigenvalue weighted by molar-refractivity contribution is 6.04. The number of hydrogen-bond acceptors (Lipinski definition) is 4. The molecule has 2 rings (SSSR count). The van der Waals surface area contributed by atoms with E-state index in [-0.39, 0.29) is 24.3 Å². The predicted octanol–water partition coefficient (Wildman–Crippen LogP) is 2.93. The molecule has 1 heterocycles. The number of carbonyl (C=O) groups is 2. The van der Waals surface area contributed by atoms with Gasteiger partial charge >= 0.3 is 5.97 Å². The maximum absolute atomic E-state index is 11.9. The fraction of sp³-hybridized carbons (Fsp3) is 0.133. The number of benzene rings is 1. The highest BCUT2D eigenvalue weighted by Crippen LogP contribution is 2.12. The molecule has 0 bridgehead atoms. The first-order valence-corrected chi connectivity index (χ1v) is 6.19. The summed E-state index contributed by atoms with van der Waals surface area (Å²) in [6.45, 7) is 2.08. The number of hydrogen-bond donors (Lipinski definition) is 1. The van der Waals surface area contributed by atoms with E-state index in [0.717, 1.165) is 0 Å². The quantitative estimate of drug-likeness (QED) is 0.882. The number of anilines is 1. The Labute approximate surface area is 128 Å². The Morgan fingerprint density at radius 2 is 1.67 bits per heavy atom. The molecule has 0 radical (unpaired) electrons. The molecule has 0 atom stereocenters. The molecule has 0 fully saturated rings. The van der Waals surface area contributed by atoms with Crippen molar-refractivity contribution in [1.29, 1.82) is 0 Å². The lowest BCUT2D eigenvalue weighted by molar-refractivity contribution is 0.0526. The van der Waals surface area contributed by atoms with E-state index in [9.17, 15) is 9.59 Å². The lowest BCUT2D eigenvalue weighted by Gasteiger charge is -2.06. The topological polar surface area (TPSA) is 68.3 Å². The van der Waals surface area contributed by atoms with Crippen LogP contribution in [-0.4, -0.2) is 23.5 Å². The number of amides is 1.